The van der Waals surface area contributed by atoms with Crippen LogP contribution in [0.5, 0.6) is 0 Å². The van der Waals surface area contributed by atoms with E-state index >= 15 is 0 Å². The van der Waals surface area contributed by atoms with Crippen LogP contribution in [0, 0.1) is 36.0 Å². The first kappa shape index (κ1) is 24.1. The van der Waals surface area contributed by atoms with E-state index in [1.54, 1.807) is 25.1 Å². The second kappa shape index (κ2) is 9.95. The van der Waals surface area contributed by atoms with Crippen molar-refractivity contribution in [2.75, 3.05) is 10.6 Å². The summed E-state index contributed by atoms with van der Waals surface area (Å²) in [5.74, 6) is -9.00. The number of anilines is 2. The summed E-state index contributed by atoms with van der Waals surface area (Å²) in [6.45, 7) is 3.56. The normalized spacial score (nSPS) is 11.6. The average Bonchev–Trinajstić information content (AvgIpc) is 2.77. The maximum atomic E-state index is 13.8. The van der Waals surface area contributed by atoms with Crippen LogP contribution in [-0.2, 0) is 0 Å². The Morgan fingerprint density at radius 1 is 0.879 bits per heavy atom. The van der Waals surface area contributed by atoms with E-state index in [2.05, 4.69) is 16.0 Å². The van der Waals surface area contributed by atoms with Gasteiger partial charge in [0.05, 0.1) is 11.6 Å². The molecule has 0 bridgehead atoms. The lowest BCUT2D eigenvalue weighted by Gasteiger charge is -2.18. The highest BCUT2D eigenvalue weighted by Gasteiger charge is 2.23. The Kier molecular flexibility index (Phi) is 7.27. The van der Waals surface area contributed by atoms with Gasteiger partial charge in [-0.05, 0) is 73.6 Å². The molecule has 0 spiro atoms. The minimum atomic E-state index is -2.06. The first-order valence-electron chi connectivity index (χ1n) is 9.64. The largest absolute Gasteiger partial charge is 0.356 e. The van der Waals surface area contributed by atoms with Gasteiger partial charge in [-0.15, -0.1) is 0 Å². The van der Waals surface area contributed by atoms with E-state index in [0.29, 0.717) is 16.4 Å². The number of nitrogens with one attached hydrogen (secondary N) is 3. The van der Waals surface area contributed by atoms with Crippen molar-refractivity contribution in [2.24, 2.45) is 0 Å². The fourth-order valence-electron chi connectivity index (χ4n) is 3.01. The number of halogens is 5. The predicted molar refractivity (Wildman–Crippen MR) is 120 cm³/mol. The molecule has 3 aromatic rings. The second-order valence-corrected chi connectivity index (χ2v) is 7.61. The zero-order valence-electron chi connectivity index (χ0n) is 17.4. The van der Waals surface area contributed by atoms with E-state index in [-0.39, 0.29) is 23.6 Å². The van der Waals surface area contributed by atoms with Crippen molar-refractivity contribution in [3.63, 3.8) is 0 Å². The quantitative estimate of drug-likeness (QED) is 0.182. The van der Waals surface area contributed by atoms with E-state index in [9.17, 15) is 26.7 Å². The van der Waals surface area contributed by atoms with Gasteiger partial charge in [0.25, 0.3) is 5.91 Å². The lowest BCUT2D eigenvalue weighted by molar-refractivity contribution is 0.102. The maximum absolute atomic E-state index is 13.8. The maximum Gasteiger partial charge on any atom is 0.258 e. The molecule has 0 aliphatic carbocycles. The van der Waals surface area contributed by atoms with Gasteiger partial charge in [0.2, 0.25) is 0 Å². The Morgan fingerprint density at radius 3 is 2.18 bits per heavy atom. The third-order valence-electron chi connectivity index (χ3n) is 4.80. The second-order valence-electron chi connectivity index (χ2n) is 7.20. The molecule has 1 unspecified atom stereocenters. The number of hydrogen-bond acceptors (Lipinski definition) is 2. The van der Waals surface area contributed by atoms with Crippen molar-refractivity contribution >= 4 is 34.6 Å². The number of carbonyl (C=O) groups excluding carboxylic acids is 1. The highest BCUT2D eigenvalue weighted by Crippen LogP contribution is 2.23. The summed E-state index contributed by atoms with van der Waals surface area (Å²) in [6.07, 6.45) is 0. The minimum absolute atomic E-state index is 0.198. The number of amides is 1. The highest BCUT2D eigenvalue weighted by molar-refractivity contribution is 7.80. The first-order chi connectivity index (χ1) is 15.6. The number of thiocarbonyl (C=S) groups is 1. The van der Waals surface area contributed by atoms with E-state index in [1.165, 1.54) is 24.3 Å². The lowest BCUT2D eigenvalue weighted by Crippen LogP contribution is -2.31. The molecule has 0 heterocycles. The summed E-state index contributed by atoms with van der Waals surface area (Å²) >= 11 is 5.30. The zero-order chi connectivity index (χ0) is 24.3. The number of carbonyl (C=O) groups is 1. The molecule has 0 aliphatic rings. The molecule has 0 radical (unpaired) electrons. The fraction of sp³-hybridized carbons (Fsp3) is 0.130. The Morgan fingerprint density at radius 2 is 1.55 bits per heavy atom. The van der Waals surface area contributed by atoms with Gasteiger partial charge < -0.3 is 16.0 Å². The van der Waals surface area contributed by atoms with E-state index in [1.807, 2.05) is 6.92 Å². The molecule has 172 valence electrons. The third-order valence-corrected chi connectivity index (χ3v) is 5.02. The van der Waals surface area contributed by atoms with E-state index in [0.717, 1.165) is 5.56 Å². The van der Waals surface area contributed by atoms with Crippen molar-refractivity contribution in [3.05, 3.63) is 94.3 Å². The minimum Gasteiger partial charge on any atom is -0.356 e. The van der Waals surface area contributed by atoms with Gasteiger partial charge in [0.15, 0.2) is 28.4 Å². The molecule has 4 nitrogen and oxygen atoms in total. The van der Waals surface area contributed by atoms with Crippen LogP contribution in [0.15, 0.2) is 48.5 Å². The predicted octanol–water partition coefficient (Wildman–Crippen LogP) is 5.99. The SMILES string of the molecule is Cc1cc(NC(=O)c2cc(F)c(F)c(F)c2F)ccc1NC(=S)NC(C)c1ccc(F)cc1. The summed E-state index contributed by atoms with van der Waals surface area (Å²) in [7, 11) is 0. The van der Waals surface area contributed by atoms with Gasteiger partial charge >= 0.3 is 0 Å². The Balaban J connectivity index is 1.67. The van der Waals surface area contributed by atoms with E-state index < -0.39 is 34.7 Å². The van der Waals surface area contributed by atoms with Crippen LogP contribution in [0.25, 0.3) is 0 Å². The van der Waals surface area contributed by atoms with Crippen molar-refractivity contribution < 1.29 is 26.7 Å². The topological polar surface area (TPSA) is 53.2 Å². The van der Waals surface area contributed by atoms with Crippen molar-refractivity contribution in [2.45, 2.75) is 19.9 Å². The lowest BCUT2D eigenvalue weighted by atomic mass is 10.1. The highest BCUT2D eigenvalue weighted by atomic mass is 32.1. The molecular formula is C23H18F5N3OS. The molecule has 33 heavy (non-hydrogen) atoms. The van der Waals surface area contributed by atoms with Crippen LogP contribution in [-0.4, -0.2) is 11.0 Å². The molecule has 3 aromatic carbocycles. The standard InChI is InChI=1S/C23H18F5N3OS/c1-11-9-15(30-22(32)16-10-17(25)20(27)21(28)19(16)26)7-8-18(11)31-23(33)29-12(2)13-3-5-14(24)6-4-13/h3-10,12H,1-2H3,(H,30,32)(H2,29,31,33). The van der Waals surface area contributed by atoms with Crippen LogP contribution < -0.4 is 16.0 Å². The molecule has 3 rings (SSSR count). The van der Waals surface area contributed by atoms with Crippen LogP contribution in [0.3, 0.4) is 0 Å². The van der Waals surface area contributed by atoms with Crippen molar-refractivity contribution in [3.8, 4) is 0 Å². The van der Waals surface area contributed by atoms with E-state index in [4.69, 9.17) is 12.2 Å². The number of hydrogen-bond donors (Lipinski definition) is 3. The van der Waals surface area contributed by atoms with Gasteiger partial charge in [-0.3, -0.25) is 4.79 Å². The molecule has 0 fully saturated rings. The molecule has 0 saturated carbocycles. The Bertz CT molecular complexity index is 1220. The molecule has 1 amide bonds. The third kappa shape index (κ3) is 5.64. The monoisotopic (exact) mass is 479 g/mol. The molecule has 0 saturated heterocycles. The van der Waals surface area contributed by atoms with Gasteiger partial charge in [0.1, 0.15) is 5.82 Å². The summed E-state index contributed by atoms with van der Waals surface area (Å²) in [5.41, 5.74) is 1.32. The Labute approximate surface area is 191 Å². The van der Waals surface area contributed by atoms with Crippen LogP contribution in [0.2, 0.25) is 0 Å². The molecule has 0 aromatic heterocycles. The zero-order valence-corrected chi connectivity index (χ0v) is 18.2. The Hall–Kier alpha value is -3.53. The van der Waals surface area contributed by atoms with Crippen LogP contribution in [0.1, 0.15) is 34.5 Å². The molecular weight excluding hydrogens is 461 g/mol. The van der Waals surface area contributed by atoms with Gasteiger partial charge in [-0.2, -0.15) is 0 Å². The van der Waals surface area contributed by atoms with Crippen LogP contribution >= 0.6 is 12.2 Å². The summed E-state index contributed by atoms with van der Waals surface area (Å²) < 4.78 is 66.8. The summed E-state index contributed by atoms with van der Waals surface area (Å²) in [5, 5.41) is 8.67. The molecule has 10 heteroatoms. The number of aryl methyl sites for hydroxylation is 1. The smallest absolute Gasteiger partial charge is 0.258 e. The van der Waals surface area contributed by atoms with Gasteiger partial charge in [-0.25, -0.2) is 22.0 Å². The number of benzene rings is 3. The summed E-state index contributed by atoms with van der Waals surface area (Å²) in [4.78, 5) is 12.2. The van der Waals surface area contributed by atoms with Crippen molar-refractivity contribution in [1.29, 1.82) is 0 Å². The summed E-state index contributed by atoms with van der Waals surface area (Å²) in [6, 6.07) is 10.6. The first-order valence-corrected chi connectivity index (χ1v) is 10.1. The van der Waals surface area contributed by atoms with Crippen molar-refractivity contribution in [1.82, 2.24) is 5.32 Å². The van der Waals surface area contributed by atoms with Crippen LogP contribution in [0.4, 0.5) is 33.3 Å². The average molecular weight is 479 g/mol. The fourth-order valence-corrected chi connectivity index (χ4v) is 3.29. The molecule has 3 N–H and O–H groups in total. The van der Waals surface area contributed by atoms with Gasteiger partial charge in [-0.1, -0.05) is 12.1 Å². The number of rotatable bonds is 5. The van der Waals surface area contributed by atoms with Gasteiger partial charge in [0, 0.05) is 11.4 Å². The molecule has 1 atom stereocenters. The molecule has 0 aliphatic heterocycles.